The Morgan fingerprint density at radius 2 is 2.10 bits per heavy atom. The molecule has 0 bridgehead atoms. The van der Waals surface area contributed by atoms with Crippen molar-refractivity contribution in [2.45, 2.75) is 39.7 Å². The summed E-state index contributed by atoms with van der Waals surface area (Å²) in [5.74, 6) is 2.38. The van der Waals surface area contributed by atoms with Crippen LogP contribution < -0.4 is 10.6 Å². The lowest BCUT2D eigenvalue weighted by molar-refractivity contribution is 0.518. The summed E-state index contributed by atoms with van der Waals surface area (Å²) in [5.41, 5.74) is 0.944. The molecule has 2 N–H and O–H groups in total. The van der Waals surface area contributed by atoms with Gasteiger partial charge in [-0.25, -0.2) is 4.98 Å². The van der Waals surface area contributed by atoms with E-state index in [1.807, 2.05) is 25.1 Å². The fraction of sp³-hybridized carbons (Fsp3) is 0.467. The van der Waals surface area contributed by atoms with Crippen LogP contribution in [0.1, 0.15) is 37.6 Å². The van der Waals surface area contributed by atoms with Gasteiger partial charge < -0.3 is 15.1 Å². The fourth-order valence-corrected chi connectivity index (χ4v) is 1.90. The second-order valence-electron chi connectivity index (χ2n) is 4.78. The van der Waals surface area contributed by atoms with Gasteiger partial charge in [-0.1, -0.05) is 19.8 Å². The zero-order valence-electron chi connectivity index (χ0n) is 12.1. The Balaban J connectivity index is 1.90. The van der Waals surface area contributed by atoms with E-state index in [4.69, 9.17) is 4.42 Å². The fourth-order valence-electron chi connectivity index (χ4n) is 1.90. The molecule has 2 rings (SSSR count). The van der Waals surface area contributed by atoms with E-state index < -0.39 is 0 Å². The summed E-state index contributed by atoms with van der Waals surface area (Å²) in [6, 6.07) is 5.74. The first kappa shape index (κ1) is 14.4. The van der Waals surface area contributed by atoms with E-state index in [1.54, 1.807) is 6.26 Å². The van der Waals surface area contributed by atoms with Crippen LogP contribution in [0.25, 0.3) is 0 Å². The number of nitrogens with one attached hydrogen (secondary N) is 2. The molecule has 0 aliphatic carbocycles. The minimum absolute atomic E-state index is 0.624. The van der Waals surface area contributed by atoms with Crippen molar-refractivity contribution in [1.29, 1.82) is 0 Å². The van der Waals surface area contributed by atoms with Crippen molar-refractivity contribution in [3.8, 4) is 0 Å². The second-order valence-corrected chi connectivity index (χ2v) is 4.78. The molecule has 0 aliphatic heterocycles. The summed E-state index contributed by atoms with van der Waals surface area (Å²) < 4.78 is 5.29. The molecular weight excluding hydrogens is 252 g/mol. The number of hydrogen-bond acceptors (Lipinski definition) is 5. The Kier molecular flexibility index (Phi) is 5.41. The first-order chi connectivity index (χ1) is 9.78. The van der Waals surface area contributed by atoms with Gasteiger partial charge in [-0.15, -0.1) is 0 Å². The topological polar surface area (TPSA) is 63.0 Å². The zero-order chi connectivity index (χ0) is 14.2. The average Bonchev–Trinajstić information content (AvgIpc) is 2.94. The highest BCUT2D eigenvalue weighted by Gasteiger charge is 2.02. The first-order valence-corrected chi connectivity index (χ1v) is 7.13. The normalized spacial score (nSPS) is 10.5. The molecule has 5 nitrogen and oxygen atoms in total. The number of anilines is 2. The standard InChI is InChI=1S/C15H22N4O/c1-3-4-5-8-16-15-18-12(2)10-14(19-15)17-11-13-7-6-9-20-13/h6-7,9-10H,3-5,8,11H2,1-2H3,(H2,16,17,18,19). The molecule has 2 aromatic rings. The van der Waals surface area contributed by atoms with Crippen LogP contribution >= 0.6 is 0 Å². The molecule has 2 heterocycles. The van der Waals surface area contributed by atoms with Gasteiger partial charge in [-0.2, -0.15) is 4.98 Å². The lowest BCUT2D eigenvalue weighted by atomic mass is 10.2. The van der Waals surface area contributed by atoms with E-state index in [0.717, 1.165) is 30.2 Å². The molecule has 2 aromatic heterocycles. The van der Waals surface area contributed by atoms with Gasteiger partial charge in [0.05, 0.1) is 12.8 Å². The summed E-state index contributed by atoms with van der Waals surface area (Å²) in [6.07, 6.45) is 5.25. The molecule has 0 atom stereocenters. The van der Waals surface area contributed by atoms with E-state index >= 15 is 0 Å². The Morgan fingerprint density at radius 3 is 2.85 bits per heavy atom. The second kappa shape index (κ2) is 7.53. The first-order valence-electron chi connectivity index (χ1n) is 7.13. The number of rotatable bonds is 8. The van der Waals surface area contributed by atoms with E-state index in [1.165, 1.54) is 12.8 Å². The predicted molar refractivity (Wildman–Crippen MR) is 80.8 cm³/mol. The maximum absolute atomic E-state index is 5.29. The molecular formula is C15H22N4O. The molecule has 0 aliphatic rings. The van der Waals surface area contributed by atoms with Crippen LogP contribution in [-0.4, -0.2) is 16.5 Å². The monoisotopic (exact) mass is 274 g/mol. The maximum Gasteiger partial charge on any atom is 0.224 e. The van der Waals surface area contributed by atoms with Crippen LogP contribution in [0.15, 0.2) is 28.9 Å². The highest BCUT2D eigenvalue weighted by atomic mass is 16.3. The number of aromatic nitrogens is 2. The predicted octanol–water partition coefficient (Wildman–Crippen LogP) is 3.59. The summed E-state index contributed by atoms with van der Waals surface area (Å²) in [5, 5.41) is 6.51. The number of furan rings is 1. The lowest BCUT2D eigenvalue weighted by Crippen LogP contribution is -2.08. The molecule has 0 saturated carbocycles. The molecule has 0 saturated heterocycles. The molecule has 0 amide bonds. The molecule has 0 aromatic carbocycles. The summed E-state index contributed by atoms with van der Waals surface area (Å²) >= 11 is 0. The van der Waals surface area contributed by atoms with Gasteiger partial charge >= 0.3 is 0 Å². The maximum atomic E-state index is 5.29. The van der Waals surface area contributed by atoms with Crippen molar-refractivity contribution in [1.82, 2.24) is 9.97 Å². The zero-order valence-corrected chi connectivity index (χ0v) is 12.1. The van der Waals surface area contributed by atoms with Gasteiger partial charge in [-0.05, 0) is 25.5 Å². The summed E-state index contributed by atoms with van der Waals surface area (Å²) in [4.78, 5) is 8.85. The Bertz CT molecular complexity index is 511. The lowest BCUT2D eigenvalue weighted by Gasteiger charge is -2.09. The Hall–Kier alpha value is -2.04. The van der Waals surface area contributed by atoms with Crippen molar-refractivity contribution in [3.05, 3.63) is 35.9 Å². The van der Waals surface area contributed by atoms with Crippen LogP contribution in [0.5, 0.6) is 0 Å². The molecule has 108 valence electrons. The van der Waals surface area contributed by atoms with Crippen LogP contribution in [0.2, 0.25) is 0 Å². The third kappa shape index (κ3) is 4.57. The molecule has 0 radical (unpaired) electrons. The van der Waals surface area contributed by atoms with Crippen molar-refractivity contribution in [3.63, 3.8) is 0 Å². The van der Waals surface area contributed by atoms with Crippen LogP contribution in [0.3, 0.4) is 0 Å². The van der Waals surface area contributed by atoms with Crippen LogP contribution in [0.4, 0.5) is 11.8 Å². The molecule has 20 heavy (non-hydrogen) atoms. The Labute approximate surface area is 119 Å². The van der Waals surface area contributed by atoms with Crippen LogP contribution in [0, 0.1) is 6.92 Å². The summed E-state index contributed by atoms with van der Waals surface area (Å²) in [7, 11) is 0. The van der Waals surface area contributed by atoms with E-state index in [9.17, 15) is 0 Å². The summed E-state index contributed by atoms with van der Waals surface area (Å²) in [6.45, 7) is 5.70. The molecule has 5 heteroatoms. The Morgan fingerprint density at radius 1 is 1.20 bits per heavy atom. The quantitative estimate of drug-likeness (QED) is 0.720. The van der Waals surface area contributed by atoms with Gasteiger partial charge in [0, 0.05) is 18.3 Å². The highest BCUT2D eigenvalue weighted by molar-refractivity contribution is 5.42. The van der Waals surface area contributed by atoms with Gasteiger partial charge in [-0.3, -0.25) is 0 Å². The smallest absolute Gasteiger partial charge is 0.224 e. The average molecular weight is 274 g/mol. The van der Waals surface area contributed by atoms with Crippen molar-refractivity contribution in [2.24, 2.45) is 0 Å². The minimum Gasteiger partial charge on any atom is -0.467 e. The highest BCUT2D eigenvalue weighted by Crippen LogP contribution is 2.11. The van der Waals surface area contributed by atoms with Gasteiger partial charge in [0.15, 0.2) is 0 Å². The third-order valence-electron chi connectivity index (χ3n) is 2.94. The number of aryl methyl sites for hydroxylation is 1. The molecule has 0 spiro atoms. The number of nitrogens with zero attached hydrogens (tertiary/aromatic N) is 2. The van der Waals surface area contributed by atoms with Gasteiger partial charge in [0.2, 0.25) is 5.95 Å². The van der Waals surface area contributed by atoms with E-state index in [0.29, 0.717) is 12.5 Å². The molecule has 0 fully saturated rings. The molecule has 0 unspecified atom stereocenters. The van der Waals surface area contributed by atoms with Gasteiger partial charge in [0.25, 0.3) is 0 Å². The van der Waals surface area contributed by atoms with E-state index in [2.05, 4.69) is 27.5 Å². The van der Waals surface area contributed by atoms with Crippen LogP contribution in [-0.2, 0) is 6.54 Å². The SMILES string of the molecule is CCCCCNc1nc(C)cc(NCc2ccco2)n1. The van der Waals surface area contributed by atoms with Gasteiger partial charge in [0.1, 0.15) is 11.6 Å². The van der Waals surface area contributed by atoms with Crippen molar-refractivity contribution >= 4 is 11.8 Å². The minimum atomic E-state index is 0.624. The van der Waals surface area contributed by atoms with Crippen molar-refractivity contribution < 1.29 is 4.42 Å². The largest absolute Gasteiger partial charge is 0.467 e. The van der Waals surface area contributed by atoms with E-state index in [-0.39, 0.29) is 0 Å². The number of hydrogen-bond donors (Lipinski definition) is 2. The third-order valence-corrected chi connectivity index (χ3v) is 2.94. The number of unbranched alkanes of at least 4 members (excludes halogenated alkanes) is 2. The van der Waals surface area contributed by atoms with Crippen molar-refractivity contribution in [2.75, 3.05) is 17.2 Å².